The summed E-state index contributed by atoms with van der Waals surface area (Å²) in [6, 6.07) is 8.83. The molecule has 6 heteroatoms. The zero-order valence-corrected chi connectivity index (χ0v) is 17.6. The highest BCUT2D eigenvalue weighted by molar-refractivity contribution is 5.83. The Morgan fingerprint density at radius 2 is 1.97 bits per heavy atom. The fraction of sp³-hybridized carbons (Fsp3) is 0.565. The van der Waals surface area contributed by atoms with Gasteiger partial charge in [0.05, 0.1) is 11.6 Å². The van der Waals surface area contributed by atoms with Gasteiger partial charge in [0.15, 0.2) is 0 Å². The maximum atomic E-state index is 13.4. The number of nitrogens with one attached hydrogen (secondary N) is 1. The van der Waals surface area contributed by atoms with Crippen LogP contribution in [0.1, 0.15) is 31.2 Å². The maximum Gasteiger partial charge on any atom is 0.226 e. The van der Waals surface area contributed by atoms with Gasteiger partial charge in [-0.15, -0.1) is 0 Å². The monoisotopic (exact) mass is 396 g/mol. The lowest BCUT2D eigenvalue weighted by Crippen LogP contribution is -2.51. The van der Waals surface area contributed by atoms with Crippen molar-refractivity contribution in [2.45, 2.75) is 38.1 Å². The lowest BCUT2D eigenvalue weighted by molar-refractivity contribution is -0.137. The molecule has 1 amide bonds. The molecule has 6 nitrogen and oxygen atoms in total. The topological polar surface area (TPSA) is 59.4 Å². The van der Waals surface area contributed by atoms with Crippen LogP contribution in [0.4, 0.5) is 0 Å². The van der Waals surface area contributed by atoms with E-state index in [1.807, 2.05) is 24.1 Å². The van der Waals surface area contributed by atoms with Crippen molar-refractivity contribution in [2.24, 2.45) is 12.5 Å². The van der Waals surface area contributed by atoms with Gasteiger partial charge in [0.2, 0.25) is 5.91 Å². The quantitative estimate of drug-likeness (QED) is 0.844. The molecule has 0 atom stereocenters. The van der Waals surface area contributed by atoms with Gasteiger partial charge in [-0.05, 0) is 63.4 Å². The number of carbonyl (C=O) groups excluding carboxylic acids is 1. The normalized spacial score (nSPS) is 20.5. The maximum absolute atomic E-state index is 13.4. The average molecular weight is 397 g/mol. The summed E-state index contributed by atoms with van der Waals surface area (Å²) in [4.78, 5) is 15.8. The van der Waals surface area contributed by atoms with E-state index in [1.165, 1.54) is 5.56 Å². The molecule has 0 bridgehead atoms. The zero-order chi connectivity index (χ0) is 20.3. The molecule has 0 radical (unpaired) electrons. The van der Waals surface area contributed by atoms with Gasteiger partial charge < -0.3 is 15.0 Å². The molecular formula is C23H32N4O2. The van der Waals surface area contributed by atoms with Crippen LogP contribution in [-0.2, 0) is 23.0 Å². The molecule has 29 heavy (non-hydrogen) atoms. The zero-order valence-electron chi connectivity index (χ0n) is 17.6. The van der Waals surface area contributed by atoms with E-state index in [9.17, 15) is 4.79 Å². The number of hydrogen-bond donors (Lipinski definition) is 1. The van der Waals surface area contributed by atoms with Gasteiger partial charge in [-0.3, -0.25) is 9.48 Å². The van der Waals surface area contributed by atoms with Gasteiger partial charge in [-0.25, -0.2) is 0 Å². The summed E-state index contributed by atoms with van der Waals surface area (Å²) in [7, 11) is 4.07. The summed E-state index contributed by atoms with van der Waals surface area (Å²) in [6.07, 6.45) is 8.29. The summed E-state index contributed by atoms with van der Waals surface area (Å²) in [5.74, 6) is 0.210. The molecule has 4 rings (SSSR count). The highest BCUT2D eigenvalue weighted by atomic mass is 16.5. The molecule has 2 aliphatic rings. The van der Waals surface area contributed by atoms with Crippen LogP contribution in [0.5, 0.6) is 0 Å². The van der Waals surface area contributed by atoms with Gasteiger partial charge >= 0.3 is 0 Å². The Morgan fingerprint density at radius 3 is 2.66 bits per heavy atom. The van der Waals surface area contributed by atoms with E-state index in [2.05, 4.69) is 46.6 Å². The summed E-state index contributed by atoms with van der Waals surface area (Å²) in [5.41, 5.74) is 3.07. The van der Waals surface area contributed by atoms with Crippen LogP contribution in [0.15, 0.2) is 36.7 Å². The molecule has 3 heterocycles. The second-order valence-corrected chi connectivity index (χ2v) is 8.72. The highest BCUT2D eigenvalue weighted by Crippen LogP contribution is 2.36. The Balaban J connectivity index is 1.51. The van der Waals surface area contributed by atoms with E-state index < -0.39 is 0 Å². The van der Waals surface area contributed by atoms with Crippen molar-refractivity contribution >= 4 is 5.91 Å². The highest BCUT2D eigenvalue weighted by Gasteiger charge is 2.41. The van der Waals surface area contributed by atoms with Gasteiger partial charge in [0.25, 0.3) is 0 Å². The number of aromatic nitrogens is 2. The first-order valence-electron chi connectivity index (χ1n) is 10.7. The van der Waals surface area contributed by atoms with Crippen LogP contribution in [0.25, 0.3) is 11.1 Å². The van der Waals surface area contributed by atoms with E-state index in [1.54, 1.807) is 0 Å². The third-order valence-electron chi connectivity index (χ3n) is 6.49. The SMILES string of the molecule is CN1CCC(NC(=O)C2(Cc3cccc(-c4cnn(C)c4)c3)CCOCC2)CC1. The van der Waals surface area contributed by atoms with Crippen LogP contribution >= 0.6 is 0 Å². The lowest BCUT2D eigenvalue weighted by Gasteiger charge is -2.38. The minimum absolute atomic E-state index is 0.210. The fourth-order valence-corrected chi connectivity index (χ4v) is 4.56. The lowest BCUT2D eigenvalue weighted by atomic mass is 9.74. The van der Waals surface area contributed by atoms with Crippen molar-refractivity contribution in [3.63, 3.8) is 0 Å². The van der Waals surface area contributed by atoms with E-state index >= 15 is 0 Å². The number of carbonyl (C=O) groups is 1. The first kappa shape index (κ1) is 20.1. The fourth-order valence-electron chi connectivity index (χ4n) is 4.56. The Morgan fingerprint density at radius 1 is 1.21 bits per heavy atom. The predicted octanol–water partition coefficient (Wildman–Crippen LogP) is 2.64. The molecule has 2 saturated heterocycles. The molecule has 0 aliphatic carbocycles. The van der Waals surface area contributed by atoms with Crippen molar-refractivity contribution in [1.29, 1.82) is 0 Å². The summed E-state index contributed by atoms with van der Waals surface area (Å²) >= 11 is 0. The Bertz CT molecular complexity index is 833. The Hall–Kier alpha value is -2.18. The molecule has 1 aromatic heterocycles. The molecule has 1 aromatic carbocycles. The van der Waals surface area contributed by atoms with Crippen LogP contribution in [-0.4, -0.2) is 60.0 Å². The first-order valence-corrected chi connectivity index (χ1v) is 10.7. The van der Waals surface area contributed by atoms with Crippen molar-refractivity contribution in [3.8, 4) is 11.1 Å². The van der Waals surface area contributed by atoms with E-state index in [4.69, 9.17) is 4.74 Å². The second-order valence-electron chi connectivity index (χ2n) is 8.72. The third kappa shape index (κ3) is 4.70. The second kappa shape index (κ2) is 8.67. The molecule has 0 spiro atoms. The van der Waals surface area contributed by atoms with Gasteiger partial charge in [0.1, 0.15) is 0 Å². The number of ether oxygens (including phenoxy) is 1. The number of likely N-dealkylation sites (tertiary alicyclic amines) is 1. The van der Waals surface area contributed by atoms with E-state index in [0.717, 1.165) is 56.3 Å². The number of nitrogens with zero attached hydrogens (tertiary/aromatic N) is 3. The molecular weight excluding hydrogens is 364 g/mol. The van der Waals surface area contributed by atoms with Crippen LogP contribution < -0.4 is 5.32 Å². The van der Waals surface area contributed by atoms with Crippen LogP contribution in [0.3, 0.4) is 0 Å². The minimum atomic E-state index is -0.380. The molecule has 2 aromatic rings. The van der Waals surface area contributed by atoms with Crippen LogP contribution in [0.2, 0.25) is 0 Å². The molecule has 1 N–H and O–H groups in total. The molecule has 2 aliphatic heterocycles. The average Bonchev–Trinajstić information content (AvgIpc) is 3.17. The standard InChI is InChI=1S/C23H32N4O2/c1-26-10-6-21(7-11-26)25-22(28)23(8-12-29-13-9-23)15-18-4-3-5-19(14-18)20-16-24-27(2)17-20/h3-5,14,16-17,21H,6-13,15H2,1-2H3,(H,25,28). The number of rotatable bonds is 5. The summed E-state index contributed by atoms with van der Waals surface area (Å²) in [6.45, 7) is 3.41. The minimum Gasteiger partial charge on any atom is -0.381 e. The molecule has 0 unspecified atom stereocenters. The van der Waals surface area contributed by atoms with Crippen molar-refractivity contribution < 1.29 is 9.53 Å². The number of aryl methyl sites for hydroxylation is 1. The number of hydrogen-bond acceptors (Lipinski definition) is 4. The number of piperidine rings is 1. The van der Waals surface area contributed by atoms with Gasteiger partial charge in [-0.2, -0.15) is 5.10 Å². The van der Waals surface area contributed by atoms with Gasteiger partial charge in [-0.1, -0.05) is 24.3 Å². The number of benzene rings is 1. The molecule has 156 valence electrons. The smallest absolute Gasteiger partial charge is 0.226 e. The predicted molar refractivity (Wildman–Crippen MR) is 113 cm³/mol. The Labute approximate surface area is 173 Å². The van der Waals surface area contributed by atoms with Crippen molar-refractivity contribution in [1.82, 2.24) is 20.0 Å². The molecule has 0 saturated carbocycles. The van der Waals surface area contributed by atoms with Gasteiger partial charge in [0, 0.05) is 38.1 Å². The van der Waals surface area contributed by atoms with E-state index in [-0.39, 0.29) is 11.3 Å². The summed E-state index contributed by atoms with van der Waals surface area (Å²) in [5, 5.41) is 7.67. The number of amides is 1. The van der Waals surface area contributed by atoms with Crippen molar-refractivity contribution in [2.75, 3.05) is 33.4 Å². The third-order valence-corrected chi connectivity index (χ3v) is 6.49. The van der Waals surface area contributed by atoms with Crippen LogP contribution in [0, 0.1) is 5.41 Å². The Kier molecular flexibility index (Phi) is 6.01. The first-order chi connectivity index (χ1) is 14.0. The largest absolute Gasteiger partial charge is 0.381 e. The molecule has 2 fully saturated rings. The van der Waals surface area contributed by atoms with E-state index in [0.29, 0.717) is 19.3 Å². The summed E-state index contributed by atoms with van der Waals surface area (Å²) < 4.78 is 7.43. The van der Waals surface area contributed by atoms with Crippen molar-refractivity contribution in [3.05, 3.63) is 42.2 Å².